The molecule has 0 radical (unpaired) electrons. The predicted octanol–water partition coefficient (Wildman–Crippen LogP) is 1.90. The summed E-state index contributed by atoms with van der Waals surface area (Å²) in [7, 11) is 2.22. The molecular formula is C11H21NO. The first kappa shape index (κ1) is 9.47. The third-order valence-corrected chi connectivity index (χ3v) is 3.61. The van der Waals surface area contributed by atoms with E-state index in [1.165, 1.54) is 38.8 Å². The van der Waals surface area contributed by atoms with Gasteiger partial charge in [0.2, 0.25) is 0 Å². The van der Waals surface area contributed by atoms with E-state index in [4.69, 9.17) is 4.74 Å². The molecule has 13 heavy (non-hydrogen) atoms. The van der Waals surface area contributed by atoms with Crippen LogP contribution in [0, 0.1) is 5.41 Å². The van der Waals surface area contributed by atoms with Gasteiger partial charge in [0.15, 0.2) is 0 Å². The maximum Gasteiger partial charge on any atom is 0.0575 e. The van der Waals surface area contributed by atoms with Crippen molar-refractivity contribution in [1.29, 1.82) is 0 Å². The van der Waals surface area contributed by atoms with Gasteiger partial charge in [-0.1, -0.05) is 0 Å². The Kier molecular flexibility index (Phi) is 2.61. The first-order valence-electron chi connectivity index (χ1n) is 5.54. The van der Waals surface area contributed by atoms with Crippen LogP contribution in [0.5, 0.6) is 0 Å². The predicted molar refractivity (Wildman–Crippen MR) is 53.8 cm³/mol. The molecule has 2 aliphatic rings. The average molecular weight is 183 g/mol. The van der Waals surface area contributed by atoms with Gasteiger partial charge < -0.3 is 9.64 Å². The molecular weight excluding hydrogens is 162 g/mol. The molecule has 0 aromatic carbocycles. The Bertz CT molecular complexity index is 165. The summed E-state index contributed by atoms with van der Waals surface area (Å²) in [5, 5.41) is 0. The summed E-state index contributed by atoms with van der Waals surface area (Å²) in [6, 6.07) is 0. The largest absolute Gasteiger partial charge is 0.379 e. The van der Waals surface area contributed by atoms with E-state index in [0.29, 0.717) is 11.5 Å². The van der Waals surface area contributed by atoms with E-state index >= 15 is 0 Å². The van der Waals surface area contributed by atoms with Crippen molar-refractivity contribution >= 4 is 0 Å². The van der Waals surface area contributed by atoms with Gasteiger partial charge in [0.25, 0.3) is 0 Å². The highest BCUT2D eigenvalue weighted by Crippen LogP contribution is 2.43. The normalized spacial score (nSPS) is 29.1. The van der Waals surface area contributed by atoms with Crippen molar-refractivity contribution in [2.45, 2.75) is 38.7 Å². The topological polar surface area (TPSA) is 12.5 Å². The Balaban J connectivity index is 1.77. The van der Waals surface area contributed by atoms with E-state index < -0.39 is 0 Å². The molecule has 2 nitrogen and oxygen atoms in total. The molecule has 0 atom stereocenters. The molecule has 1 heterocycles. The first-order valence-corrected chi connectivity index (χ1v) is 5.54. The highest BCUT2D eigenvalue weighted by atomic mass is 16.5. The molecule has 1 spiro atoms. The van der Waals surface area contributed by atoms with Gasteiger partial charge in [-0.05, 0) is 45.1 Å². The smallest absolute Gasteiger partial charge is 0.0575 e. The molecule has 0 aromatic heterocycles. The lowest BCUT2D eigenvalue weighted by molar-refractivity contribution is -0.0589. The maximum atomic E-state index is 5.66. The molecule has 2 heteroatoms. The Morgan fingerprint density at radius 1 is 1.31 bits per heavy atom. The second kappa shape index (κ2) is 3.58. The summed E-state index contributed by atoms with van der Waals surface area (Å²) >= 11 is 0. The Hall–Kier alpha value is -0.0800. The average Bonchev–Trinajstić information content (AvgIpc) is 2.07. The summed E-state index contributed by atoms with van der Waals surface area (Å²) in [5.74, 6) is 0. The molecule has 76 valence electrons. The fourth-order valence-corrected chi connectivity index (χ4v) is 3.02. The van der Waals surface area contributed by atoms with Crippen LogP contribution in [-0.2, 0) is 4.74 Å². The molecule has 0 N–H and O–H groups in total. The lowest BCUT2D eigenvalue weighted by Crippen LogP contribution is -2.56. The molecule has 1 saturated heterocycles. The van der Waals surface area contributed by atoms with Gasteiger partial charge in [0, 0.05) is 19.7 Å². The highest BCUT2D eigenvalue weighted by molar-refractivity contribution is 4.96. The van der Waals surface area contributed by atoms with E-state index in [1.807, 2.05) is 0 Å². The van der Waals surface area contributed by atoms with Gasteiger partial charge in [-0.15, -0.1) is 0 Å². The van der Waals surface area contributed by atoms with E-state index in [9.17, 15) is 0 Å². The summed E-state index contributed by atoms with van der Waals surface area (Å²) in [4.78, 5) is 2.43. The van der Waals surface area contributed by atoms with E-state index in [-0.39, 0.29) is 0 Å². The molecule has 0 unspecified atom stereocenters. The van der Waals surface area contributed by atoms with Crippen LogP contribution in [-0.4, -0.2) is 37.7 Å². The standard InChI is InChI=1S/C11H21NO/c1-3-13-10-4-6-11(7-5-10)8-12(2)9-11/h10H,3-9H2,1-2H3. The molecule has 2 rings (SSSR count). The van der Waals surface area contributed by atoms with Crippen molar-refractivity contribution in [3.05, 3.63) is 0 Å². The van der Waals surface area contributed by atoms with Crippen molar-refractivity contribution in [1.82, 2.24) is 4.90 Å². The number of likely N-dealkylation sites (tertiary alicyclic amines) is 1. The number of hydrogen-bond donors (Lipinski definition) is 0. The number of ether oxygens (including phenoxy) is 1. The minimum absolute atomic E-state index is 0.571. The zero-order chi connectivity index (χ0) is 9.31. The minimum Gasteiger partial charge on any atom is -0.379 e. The first-order chi connectivity index (χ1) is 6.24. The molecule has 0 amide bonds. The minimum atomic E-state index is 0.571. The van der Waals surface area contributed by atoms with Crippen LogP contribution in [0.15, 0.2) is 0 Å². The van der Waals surface area contributed by atoms with Crippen molar-refractivity contribution in [3.63, 3.8) is 0 Å². The zero-order valence-corrected chi connectivity index (χ0v) is 8.88. The van der Waals surface area contributed by atoms with Crippen LogP contribution >= 0.6 is 0 Å². The van der Waals surface area contributed by atoms with E-state index in [1.54, 1.807) is 0 Å². The van der Waals surface area contributed by atoms with Crippen LogP contribution in [0.3, 0.4) is 0 Å². The summed E-state index contributed by atoms with van der Waals surface area (Å²) in [6.45, 7) is 5.64. The summed E-state index contributed by atoms with van der Waals surface area (Å²) in [5.41, 5.74) is 0.697. The highest BCUT2D eigenvalue weighted by Gasteiger charge is 2.43. The second-order valence-electron chi connectivity index (χ2n) is 4.83. The number of hydrogen-bond acceptors (Lipinski definition) is 2. The van der Waals surface area contributed by atoms with E-state index in [2.05, 4.69) is 18.9 Å². The van der Waals surface area contributed by atoms with Crippen LogP contribution in [0.4, 0.5) is 0 Å². The summed E-state index contributed by atoms with van der Waals surface area (Å²) in [6.07, 6.45) is 5.94. The number of rotatable bonds is 2. The van der Waals surface area contributed by atoms with Crippen molar-refractivity contribution in [3.8, 4) is 0 Å². The van der Waals surface area contributed by atoms with Gasteiger partial charge in [-0.2, -0.15) is 0 Å². The lowest BCUT2D eigenvalue weighted by atomic mass is 9.68. The maximum absolute atomic E-state index is 5.66. The quantitative estimate of drug-likeness (QED) is 0.648. The second-order valence-corrected chi connectivity index (χ2v) is 4.83. The van der Waals surface area contributed by atoms with Gasteiger partial charge in [0.1, 0.15) is 0 Å². The third-order valence-electron chi connectivity index (χ3n) is 3.61. The SMILES string of the molecule is CCOC1CCC2(CC1)CN(C)C2. The lowest BCUT2D eigenvalue weighted by Gasteiger charge is -2.52. The molecule has 1 saturated carbocycles. The monoisotopic (exact) mass is 183 g/mol. The van der Waals surface area contributed by atoms with Crippen LogP contribution in [0.25, 0.3) is 0 Å². The van der Waals surface area contributed by atoms with Gasteiger partial charge in [-0.3, -0.25) is 0 Å². The van der Waals surface area contributed by atoms with Crippen molar-refractivity contribution < 1.29 is 4.74 Å². The van der Waals surface area contributed by atoms with Gasteiger partial charge >= 0.3 is 0 Å². The Morgan fingerprint density at radius 2 is 1.92 bits per heavy atom. The van der Waals surface area contributed by atoms with Crippen molar-refractivity contribution in [2.75, 3.05) is 26.7 Å². The van der Waals surface area contributed by atoms with Gasteiger partial charge in [-0.25, -0.2) is 0 Å². The Labute approximate surface area is 81.3 Å². The van der Waals surface area contributed by atoms with Crippen LogP contribution in [0.2, 0.25) is 0 Å². The zero-order valence-electron chi connectivity index (χ0n) is 8.88. The molecule has 1 aliphatic heterocycles. The Morgan fingerprint density at radius 3 is 2.38 bits per heavy atom. The molecule has 1 aliphatic carbocycles. The summed E-state index contributed by atoms with van der Waals surface area (Å²) < 4.78 is 5.66. The molecule has 0 aromatic rings. The molecule has 2 fully saturated rings. The fraction of sp³-hybridized carbons (Fsp3) is 1.00. The van der Waals surface area contributed by atoms with Crippen molar-refractivity contribution in [2.24, 2.45) is 5.41 Å². The molecule has 0 bridgehead atoms. The van der Waals surface area contributed by atoms with Gasteiger partial charge in [0.05, 0.1) is 6.10 Å². The van der Waals surface area contributed by atoms with E-state index in [0.717, 1.165) is 6.61 Å². The van der Waals surface area contributed by atoms with Crippen LogP contribution < -0.4 is 0 Å². The van der Waals surface area contributed by atoms with Crippen LogP contribution in [0.1, 0.15) is 32.6 Å². The fourth-order valence-electron chi connectivity index (χ4n) is 3.02. The number of nitrogens with zero attached hydrogens (tertiary/aromatic N) is 1. The third kappa shape index (κ3) is 1.89.